The van der Waals surface area contributed by atoms with Crippen LogP contribution in [0.4, 0.5) is 0 Å². The Balaban J connectivity index is 0.000000706. The van der Waals surface area contributed by atoms with Crippen LogP contribution < -0.4 is 0 Å². The number of imidazole rings is 1. The largest absolute Gasteiger partial charge is 0.292 e. The molecule has 0 radical (unpaired) electrons. The average Bonchev–Trinajstić information content (AvgIpc) is 3.12. The second kappa shape index (κ2) is 8.26. The molecule has 0 fully saturated rings. The highest BCUT2D eigenvalue weighted by Gasteiger charge is 2.17. The van der Waals surface area contributed by atoms with Gasteiger partial charge in [0.05, 0.1) is 17.6 Å². The number of rotatable bonds is 3. The summed E-state index contributed by atoms with van der Waals surface area (Å²) in [4.78, 5) is 4.77. The molecule has 0 amide bonds. The molecule has 0 saturated carbocycles. The van der Waals surface area contributed by atoms with Crippen molar-refractivity contribution < 1.29 is 0 Å². The van der Waals surface area contributed by atoms with E-state index in [1.807, 2.05) is 24.4 Å². The summed E-state index contributed by atoms with van der Waals surface area (Å²) in [6, 6.07) is 14.7. The van der Waals surface area contributed by atoms with Crippen molar-refractivity contribution >= 4 is 28.6 Å². The van der Waals surface area contributed by atoms with Gasteiger partial charge in [-0.3, -0.25) is 4.40 Å². The standard InChI is InChI=1S/C23H20N2.C3H8/c1-5-17-18-12-7-8-13-19(18)23-24-14-21(25(23)20(17)6-2)22-15(3)10-9-11-16(22)4;1-3-2/h5-14H,1-2H2,3-4H3;3H2,1-2H3. The van der Waals surface area contributed by atoms with Crippen molar-refractivity contribution in [1.82, 2.24) is 9.38 Å². The van der Waals surface area contributed by atoms with E-state index in [4.69, 9.17) is 4.98 Å². The summed E-state index contributed by atoms with van der Waals surface area (Å²) in [7, 11) is 0. The van der Waals surface area contributed by atoms with Crippen LogP contribution in [0.15, 0.2) is 61.8 Å². The van der Waals surface area contributed by atoms with Crippen LogP contribution in [0.2, 0.25) is 0 Å². The molecule has 2 heteroatoms. The number of hydrogen-bond donors (Lipinski definition) is 0. The average molecular weight is 369 g/mol. The maximum Gasteiger partial charge on any atom is 0.145 e. The molecule has 2 heterocycles. The van der Waals surface area contributed by atoms with Gasteiger partial charge >= 0.3 is 0 Å². The Morgan fingerprint density at radius 1 is 0.893 bits per heavy atom. The minimum absolute atomic E-state index is 0.953. The van der Waals surface area contributed by atoms with Gasteiger partial charge in [0, 0.05) is 16.5 Å². The lowest BCUT2D eigenvalue weighted by atomic mass is 9.99. The Kier molecular flexibility index (Phi) is 5.79. The molecule has 0 aliphatic heterocycles. The second-order valence-corrected chi connectivity index (χ2v) is 7.03. The molecule has 0 saturated heterocycles. The molecule has 28 heavy (non-hydrogen) atoms. The summed E-state index contributed by atoms with van der Waals surface area (Å²) in [5.41, 5.74) is 7.86. The number of benzene rings is 2. The minimum atomic E-state index is 0.953. The van der Waals surface area contributed by atoms with Gasteiger partial charge in [0.15, 0.2) is 0 Å². The topological polar surface area (TPSA) is 17.3 Å². The smallest absolute Gasteiger partial charge is 0.145 e. The molecule has 0 N–H and O–H groups in total. The van der Waals surface area contributed by atoms with Crippen LogP contribution in [0.3, 0.4) is 0 Å². The van der Waals surface area contributed by atoms with Crippen LogP contribution in [0.1, 0.15) is 42.7 Å². The van der Waals surface area contributed by atoms with Crippen LogP contribution in [0.25, 0.3) is 39.8 Å². The summed E-state index contributed by atoms with van der Waals surface area (Å²) < 4.78 is 2.21. The van der Waals surface area contributed by atoms with Crippen LogP contribution in [-0.2, 0) is 0 Å². The third-order valence-corrected chi connectivity index (χ3v) is 4.87. The molecule has 0 atom stereocenters. The third-order valence-electron chi connectivity index (χ3n) is 4.87. The molecule has 4 rings (SSSR count). The van der Waals surface area contributed by atoms with Crippen molar-refractivity contribution in [3.05, 3.63) is 84.2 Å². The van der Waals surface area contributed by atoms with Crippen molar-refractivity contribution in [3.8, 4) is 11.3 Å². The summed E-state index contributed by atoms with van der Waals surface area (Å²) in [6.45, 7) is 16.6. The monoisotopic (exact) mass is 368 g/mol. The summed E-state index contributed by atoms with van der Waals surface area (Å²) in [6.07, 6.45) is 7.03. The summed E-state index contributed by atoms with van der Waals surface area (Å²) in [5, 5.41) is 2.28. The molecule has 142 valence electrons. The summed E-state index contributed by atoms with van der Waals surface area (Å²) >= 11 is 0. The maximum absolute atomic E-state index is 4.77. The molecule has 2 aromatic carbocycles. The molecule has 2 aromatic heterocycles. The molecular formula is C26H28N2. The van der Waals surface area contributed by atoms with E-state index >= 15 is 0 Å². The van der Waals surface area contributed by atoms with Crippen molar-refractivity contribution in [2.75, 3.05) is 0 Å². The van der Waals surface area contributed by atoms with E-state index in [1.54, 1.807) is 0 Å². The van der Waals surface area contributed by atoms with Gasteiger partial charge in [-0.15, -0.1) is 0 Å². The molecule has 2 nitrogen and oxygen atoms in total. The summed E-state index contributed by atoms with van der Waals surface area (Å²) in [5.74, 6) is 0. The highest BCUT2D eigenvalue weighted by molar-refractivity contribution is 6.02. The van der Waals surface area contributed by atoms with Gasteiger partial charge in [-0.2, -0.15) is 0 Å². The quantitative estimate of drug-likeness (QED) is 0.366. The first kappa shape index (κ1) is 19.6. The van der Waals surface area contributed by atoms with Gasteiger partial charge in [-0.05, 0) is 36.4 Å². The SMILES string of the molecule is C=Cc1c(C=C)n2c(-c3c(C)cccc3C)cnc2c2ccccc12.CCC. The van der Waals surface area contributed by atoms with Crippen LogP contribution in [0, 0.1) is 13.8 Å². The second-order valence-electron chi connectivity index (χ2n) is 7.03. The predicted octanol–water partition coefficient (Wildman–Crippen LogP) is 7.47. The molecule has 0 bridgehead atoms. The first-order valence-electron chi connectivity index (χ1n) is 9.82. The fourth-order valence-corrected chi connectivity index (χ4v) is 3.77. The van der Waals surface area contributed by atoms with Crippen molar-refractivity contribution in [2.24, 2.45) is 0 Å². The lowest BCUT2D eigenvalue weighted by Gasteiger charge is -2.15. The van der Waals surface area contributed by atoms with Gasteiger partial charge in [0.2, 0.25) is 0 Å². The normalized spacial score (nSPS) is 10.6. The van der Waals surface area contributed by atoms with E-state index in [9.17, 15) is 0 Å². The maximum atomic E-state index is 4.77. The van der Waals surface area contributed by atoms with Gasteiger partial charge in [-0.1, -0.05) is 82.0 Å². The fraction of sp³-hybridized carbons (Fsp3) is 0.192. The highest BCUT2D eigenvalue weighted by Crippen LogP contribution is 2.34. The fourth-order valence-electron chi connectivity index (χ4n) is 3.77. The predicted molar refractivity (Wildman–Crippen MR) is 124 cm³/mol. The lowest BCUT2D eigenvalue weighted by molar-refractivity contribution is 1.09. The van der Waals surface area contributed by atoms with Crippen LogP contribution in [-0.4, -0.2) is 9.38 Å². The first-order valence-corrected chi connectivity index (χ1v) is 9.82. The van der Waals surface area contributed by atoms with E-state index in [1.165, 1.54) is 23.1 Å². The Labute approximate surface area is 167 Å². The van der Waals surface area contributed by atoms with Crippen molar-refractivity contribution in [3.63, 3.8) is 0 Å². The van der Waals surface area contributed by atoms with E-state index in [0.717, 1.165) is 33.4 Å². The lowest BCUT2D eigenvalue weighted by Crippen LogP contribution is -2.00. The van der Waals surface area contributed by atoms with Crippen LogP contribution in [0.5, 0.6) is 0 Å². The minimum Gasteiger partial charge on any atom is -0.292 e. The molecular weight excluding hydrogens is 340 g/mol. The van der Waals surface area contributed by atoms with E-state index in [-0.39, 0.29) is 0 Å². The number of hydrogen-bond acceptors (Lipinski definition) is 1. The van der Waals surface area contributed by atoms with E-state index in [2.05, 4.69) is 81.7 Å². The number of fused-ring (bicyclic) bond motifs is 3. The van der Waals surface area contributed by atoms with E-state index in [0.29, 0.717) is 0 Å². The number of aromatic nitrogens is 2. The van der Waals surface area contributed by atoms with Gasteiger partial charge < -0.3 is 0 Å². The van der Waals surface area contributed by atoms with Crippen molar-refractivity contribution in [2.45, 2.75) is 34.1 Å². The number of aryl methyl sites for hydroxylation is 2. The van der Waals surface area contributed by atoms with Gasteiger partial charge in [0.25, 0.3) is 0 Å². The zero-order valence-corrected chi connectivity index (χ0v) is 17.3. The number of nitrogens with zero attached hydrogens (tertiary/aromatic N) is 2. The Morgan fingerprint density at radius 3 is 2.07 bits per heavy atom. The Bertz CT molecular complexity index is 1140. The van der Waals surface area contributed by atoms with Gasteiger partial charge in [0.1, 0.15) is 5.65 Å². The van der Waals surface area contributed by atoms with Gasteiger partial charge in [-0.25, -0.2) is 4.98 Å². The first-order chi connectivity index (χ1) is 13.6. The van der Waals surface area contributed by atoms with Crippen LogP contribution >= 0.6 is 0 Å². The molecule has 0 spiro atoms. The zero-order valence-electron chi connectivity index (χ0n) is 17.3. The molecule has 0 aliphatic rings. The molecule has 0 unspecified atom stereocenters. The number of pyridine rings is 1. The molecule has 0 aliphatic carbocycles. The zero-order chi connectivity index (χ0) is 20.3. The third kappa shape index (κ3) is 3.16. The molecule has 4 aromatic rings. The van der Waals surface area contributed by atoms with E-state index < -0.39 is 0 Å². The highest BCUT2D eigenvalue weighted by atomic mass is 15.0. The van der Waals surface area contributed by atoms with Crippen molar-refractivity contribution in [1.29, 1.82) is 0 Å². The Hall–Kier alpha value is -3.13. The Morgan fingerprint density at radius 2 is 1.50 bits per heavy atom.